The van der Waals surface area contributed by atoms with Crippen LogP contribution in [0.2, 0.25) is 0 Å². The minimum absolute atomic E-state index is 0.0174. The topological polar surface area (TPSA) is 57.0 Å². The van der Waals surface area contributed by atoms with E-state index in [1.807, 2.05) is 6.92 Å². The van der Waals surface area contributed by atoms with Crippen LogP contribution in [0.1, 0.15) is 62.9 Å². The fourth-order valence-electron chi connectivity index (χ4n) is 4.77. The van der Waals surface area contributed by atoms with E-state index in [2.05, 4.69) is 57.2 Å². The molecule has 1 saturated heterocycles. The molecular formula is C24H27N3O2S. The van der Waals surface area contributed by atoms with Crippen molar-refractivity contribution in [2.75, 3.05) is 0 Å². The Hall–Kier alpha value is -2.34. The second-order valence-corrected chi connectivity index (χ2v) is 9.64. The van der Waals surface area contributed by atoms with Crippen LogP contribution in [0.5, 0.6) is 0 Å². The van der Waals surface area contributed by atoms with Crippen molar-refractivity contribution in [2.45, 2.75) is 74.4 Å². The van der Waals surface area contributed by atoms with Gasteiger partial charge in [0.05, 0.1) is 0 Å². The number of hydrogen-bond acceptors (Lipinski definition) is 5. The molecule has 2 aliphatic rings. The predicted octanol–water partition coefficient (Wildman–Crippen LogP) is 5.32. The number of cyclic esters (lactones) is 1. The number of rotatable bonds is 5. The maximum absolute atomic E-state index is 12.2. The van der Waals surface area contributed by atoms with E-state index in [1.165, 1.54) is 47.4 Å². The third-order valence-electron chi connectivity index (χ3n) is 6.28. The van der Waals surface area contributed by atoms with Gasteiger partial charge in [-0.2, -0.15) is 0 Å². The Labute approximate surface area is 181 Å². The number of carbonyl (C=O) groups is 1. The van der Waals surface area contributed by atoms with Crippen molar-refractivity contribution in [3.05, 3.63) is 53.9 Å². The molecule has 5 rings (SSSR count). The molecule has 6 heteroatoms. The van der Waals surface area contributed by atoms with Crippen LogP contribution in [-0.4, -0.2) is 32.1 Å². The summed E-state index contributed by atoms with van der Waals surface area (Å²) in [4.78, 5) is 12.2. The van der Waals surface area contributed by atoms with Gasteiger partial charge >= 0.3 is 5.97 Å². The Morgan fingerprint density at radius 3 is 2.67 bits per heavy atom. The fourth-order valence-corrected chi connectivity index (χ4v) is 6.00. The first kappa shape index (κ1) is 19.6. The van der Waals surface area contributed by atoms with Gasteiger partial charge in [0.1, 0.15) is 17.2 Å². The molecule has 0 N–H and O–H groups in total. The van der Waals surface area contributed by atoms with Crippen LogP contribution in [-0.2, 0) is 16.0 Å². The standard InChI is InChI=1S/C24H27N3O2S/c1-16-14-21(23(28)29-16)30-24-26-25-22(27(24)19-11-3-2-4-12-19)15-18-10-7-9-17-8-5-6-13-20(17)18/h5-10,13,16,19,21H,2-4,11-12,14-15H2,1H3/t16-,21+/m1/s1. The fraction of sp³-hybridized carbons (Fsp3) is 0.458. The quantitative estimate of drug-likeness (QED) is 0.522. The average molecular weight is 422 g/mol. The second kappa shape index (κ2) is 8.42. The molecule has 1 aliphatic heterocycles. The van der Waals surface area contributed by atoms with Crippen LogP contribution in [0.25, 0.3) is 10.8 Å². The molecule has 5 nitrogen and oxygen atoms in total. The highest BCUT2D eigenvalue weighted by Gasteiger charge is 2.35. The number of fused-ring (bicyclic) bond motifs is 1. The summed E-state index contributed by atoms with van der Waals surface area (Å²) >= 11 is 1.53. The van der Waals surface area contributed by atoms with Crippen molar-refractivity contribution in [1.82, 2.24) is 14.8 Å². The molecule has 0 amide bonds. The van der Waals surface area contributed by atoms with Gasteiger partial charge in [0.15, 0.2) is 5.16 Å². The van der Waals surface area contributed by atoms with Crippen molar-refractivity contribution in [1.29, 1.82) is 0 Å². The minimum Gasteiger partial charge on any atom is -0.462 e. The molecule has 0 bridgehead atoms. The van der Waals surface area contributed by atoms with Crippen LogP contribution in [0.4, 0.5) is 0 Å². The summed E-state index contributed by atoms with van der Waals surface area (Å²) in [5.74, 6) is 0.876. The first-order valence-electron chi connectivity index (χ1n) is 11.0. The van der Waals surface area contributed by atoms with Crippen LogP contribution >= 0.6 is 11.8 Å². The molecule has 3 aromatic rings. The lowest BCUT2D eigenvalue weighted by Gasteiger charge is -2.26. The SMILES string of the molecule is C[C@@H]1C[C@H](Sc2nnc(Cc3cccc4ccccc34)n2C2CCCCC2)C(=O)O1. The number of hydrogen-bond donors (Lipinski definition) is 0. The number of ether oxygens (including phenoxy) is 1. The maximum Gasteiger partial charge on any atom is 0.319 e. The molecule has 2 atom stereocenters. The third-order valence-corrected chi connectivity index (χ3v) is 7.44. The number of benzene rings is 2. The zero-order valence-electron chi connectivity index (χ0n) is 17.3. The summed E-state index contributed by atoms with van der Waals surface area (Å²) in [6, 6.07) is 15.4. The van der Waals surface area contributed by atoms with Crippen LogP contribution < -0.4 is 0 Å². The highest BCUT2D eigenvalue weighted by molar-refractivity contribution is 8.00. The highest BCUT2D eigenvalue weighted by Crippen LogP contribution is 2.37. The average Bonchev–Trinajstić information content (AvgIpc) is 3.31. The molecule has 2 heterocycles. The smallest absolute Gasteiger partial charge is 0.319 e. The zero-order valence-corrected chi connectivity index (χ0v) is 18.1. The normalized spacial score (nSPS) is 22.5. The van der Waals surface area contributed by atoms with E-state index >= 15 is 0 Å². The van der Waals surface area contributed by atoms with Crippen LogP contribution in [0.3, 0.4) is 0 Å². The van der Waals surface area contributed by atoms with Gasteiger partial charge in [-0.15, -0.1) is 10.2 Å². The third kappa shape index (κ3) is 3.85. The lowest BCUT2D eigenvalue weighted by Crippen LogP contribution is -2.18. The molecular weight excluding hydrogens is 394 g/mol. The lowest BCUT2D eigenvalue weighted by molar-refractivity contribution is -0.140. The van der Waals surface area contributed by atoms with E-state index < -0.39 is 0 Å². The first-order chi connectivity index (χ1) is 14.7. The van der Waals surface area contributed by atoms with Crippen molar-refractivity contribution >= 4 is 28.5 Å². The van der Waals surface area contributed by atoms with Gasteiger partial charge in [0, 0.05) is 18.9 Å². The number of thioether (sulfide) groups is 1. The van der Waals surface area contributed by atoms with Gasteiger partial charge in [-0.1, -0.05) is 73.5 Å². The largest absolute Gasteiger partial charge is 0.462 e. The van der Waals surface area contributed by atoms with E-state index in [9.17, 15) is 4.79 Å². The van der Waals surface area contributed by atoms with Gasteiger partial charge in [0.2, 0.25) is 0 Å². The summed E-state index contributed by atoms with van der Waals surface area (Å²) in [5.41, 5.74) is 1.27. The van der Waals surface area contributed by atoms with E-state index in [1.54, 1.807) is 0 Å². The molecule has 0 radical (unpaired) electrons. The highest BCUT2D eigenvalue weighted by atomic mass is 32.2. The number of esters is 1. The van der Waals surface area contributed by atoms with Gasteiger partial charge in [-0.3, -0.25) is 4.79 Å². The monoisotopic (exact) mass is 421 g/mol. The lowest BCUT2D eigenvalue weighted by atomic mass is 9.95. The molecule has 2 aromatic carbocycles. The first-order valence-corrected chi connectivity index (χ1v) is 11.8. The van der Waals surface area contributed by atoms with Crippen LogP contribution in [0.15, 0.2) is 47.6 Å². The predicted molar refractivity (Wildman–Crippen MR) is 119 cm³/mol. The molecule has 0 unspecified atom stereocenters. The Bertz CT molecular complexity index is 1050. The minimum atomic E-state index is -0.183. The van der Waals surface area contributed by atoms with Crippen molar-refractivity contribution in [3.63, 3.8) is 0 Å². The summed E-state index contributed by atoms with van der Waals surface area (Å²) in [6.45, 7) is 1.95. The summed E-state index contributed by atoms with van der Waals surface area (Å²) in [5, 5.41) is 12.4. The molecule has 2 fully saturated rings. The van der Waals surface area contributed by atoms with Crippen molar-refractivity contribution in [2.24, 2.45) is 0 Å². The Morgan fingerprint density at radius 1 is 1.07 bits per heavy atom. The molecule has 156 valence electrons. The van der Waals surface area contributed by atoms with E-state index in [4.69, 9.17) is 4.74 Å². The summed E-state index contributed by atoms with van der Waals surface area (Å²) in [7, 11) is 0. The van der Waals surface area contributed by atoms with Gasteiger partial charge in [-0.25, -0.2) is 0 Å². The Balaban J connectivity index is 1.49. The van der Waals surface area contributed by atoms with E-state index in [-0.39, 0.29) is 17.3 Å². The molecule has 1 saturated carbocycles. The number of nitrogens with zero attached hydrogens (tertiary/aromatic N) is 3. The van der Waals surface area contributed by atoms with Gasteiger partial charge in [0.25, 0.3) is 0 Å². The van der Waals surface area contributed by atoms with E-state index in [0.717, 1.165) is 36.7 Å². The number of aromatic nitrogens is 3. The van der Waals surface area contributed by atoms with Crippen LogP contribution in [0, 0.1) is 0 Å². The molecule has 0 spiro atoms. The maximum atomic E-state index is 12.2. The van der Waals surface area contributed by atoms with Crippen molar-refractivity contribution in [3.8, 4) is 0 Å². The second-order valence-electron chi connectivity index (χ2n) is 8.47. The summed E-state index contributed by atoms with van der Waals surface area (Å²) in [6.07, 6.45) is 7.55. The van der Waals surface area contributed by atoms with Gasteiger partial charge in [-0.05, 0) is 36.1 Å². The van der Waals surface area contributed by atoms with Gasteiger partial charge < -0.3 is 9.30 Å². The zero-order chi connectivity index (χ0) is 20.5. The molecule has 30 heavy (non-hydrogen) atoms. The van der Waals surface area contributed by atoms with Crippen molar-refractivity contribution < 1.29 is 9.53 Å². The Morgan fingerprint density at radius 2 is 1.87 bits per heavy atom. The number of carbonyl (C=O) groups excluding carboxylic acids is 1. The Kier molecular flexibility index (Phi) is 5.50. The molecule has 1 aromatic heterocycles. The molecule has 1 aliphatic carbocycles. The summed E-state index contributed by atoms with van der Waals surface area (Å²) < 4.78 is 7.70. The van der Waals surface area contributed by atoms with E-state index in [0.29, 0.717) is 6.04 Å².